The van der Waals surface area contributed by atoms with Crippen molar-refractivity contribution in [3.63, 3.8) is 0 Å². The van der Waals surface area contributed by atoms with Crippen LogP contribution < -0.4 is 26.4 Å². The molecule has 5 aromatic rings. The van der Waals surface area contributed by atoms with E-state index in [9.17, 15) is 9.59 Å². The number of fused-ring (bicyclic) bond motifs is 4. The maximum atomic E-state index is 14.3. The van der Waals surface area contributed by atoms with Crippen molar-refractivity contribution in [2.24, 2.45) is 0 Å². The number of imidazole rings is 1. The van der Waals surface area contributed by atoms with Crippen molar-refractivity contribution in [3.05, 3.63) is 132 Å². The van der Waals surface area contributed by atoms with E-state index in [0.717, 1.165) is 29.8 Å². The Bertz CT molecular complexity index is 1800. The second-order valence-electron chi connectivity index (χ2n) is 11.8. The van der Waals surface area contributed by atoms with Gasteiger partial charge in [-0.25, -0.2) is 9.13 Å². The molecule has 0 N–H and O–H groups in total. The summed E-state index contributed by atoms with van der Waals surface area (Å²) in [6.07, 6.45) is 0.861. The third kappa shape index (κ3) is 4.85. The molecule has 0 aliphatic carbocycles. The second-order valence-corrected chi connectivity index (χ2v) is 11.8. The first-order valence-electron chi connectivity index (χ1n) is 14.7. The fourth-order valence-corrected chi connectivity index (χ4v) is 7.18. The summed E-state index contributed by atoms with van der Waals surface area (Å²) < 4.78 is 4.12. The average Bonchev–Trinajstić information content (AvgIpc) is 3.59. The Morgan fingerprint density at radius 2 is 1.51 bits per heavy atom. The van der Waals surface area contributed by atoms with Crippen LogP contribution in [0.3, 0.4) is 0 Å². The summed E-state index contributed by atoms with van der Waals surface area (Å²) >= 11 is 0. The van der Waals surface area contributed by atoms with E-state index in [0.29, 0.717) is 12.1 Å². The molecule has 7 heteroatoms. The van der Waals surface area contributed by atoms with Gasteiger partial charge >= 0.3 is 0 Å². The Morgan fingerprint density at radius 1 is 0.860 bits per heavy atom. The van der Waals surface area contributed by atoms with E-state index in [1.807, 2.05) is 72.2 Å². The molecule has 2 atom stereocenters. The van der Waals surface area contributed by atoms with Crippen LogP contribution in [0.25, 0.3) is 11.0 Å². The molecule has 2 aliphatic rings. The van der Waals surface area contributed by atoms with Crippen molar-refractivity contribution in [1.82, 2.24) is 9.47 Å². The largest absolute Gasteiger partial charge is 1.00 e. The molecule has 6 nitrogen and oxygen atoms in total. The molecular formula is C36H35BrN4O2. The molecule has 7 rings (SSSR count). The minimum Gasteiger partial charge on any atom is -1.00 e. The Labute approximate surface area is 262 Å². The van der Waals surface area contributed by atoms with E-state index in [1.165, 1.54) is 16.8 Å². The number of ketones is 1. The molecular weight excluding hydrogens is 600 g/mol. The van der Waals surface area contributed by atoms with Crippen LogP contribution in [0.15, 0.2) is 109 Å². The summed E-state index contributed by atoms with van der Waals surface area (Å²) in [5.74, 6) is 1.04. The van der Waals surface area contributed by atoms with Gasteiger partial charge in [-0.3, -0.25) is 9.59 Å². The number of halogens is 1. The zero-order chi connectivity index (χ0) is 28.8. The fourth-order valence-electron chi connectivity index (χ4n) is 7.18. The van der Waals surface area contributed by atoms with E-state index < -0.39 is 0 Å². The highest BCUT2D eigenvalue weighted by molar-refractivity contribution is 5.95. The molecule has 1 amide bonds. The van der Waals surface area contributed by atoms with Gasteiger partial charge in [0.1, 0.15) is 6.17 Å². The van der Waals surface area contributed by atoms with Crippen LogP contribution in [0.5, 0.6) is 0 Å². The van der Waals surface area contributed by atoms with Crippen molar-refractivity contribution >= 4 is 28.4 Å². The number of Topliss-reactive ketones (excluding diaryl/α,β-unsaturated/α-hetero) is 1. The van der Waals surface area contributed by atoms with Crippen molar-refractivity contribution < 1.29 is 31.1 Å². The first-order chi connectivity index (χ1) is 20.5. The van der Waals surface area contributed by atoms with E-state index in [4.69, 9.17) is 0 Å². The van der Waals surface area contributed by atoms with Crippen molar-refractivity contribution in [2.45, 2.75) is 51.5 Å². The highest BCUT2D eigenvalue weighted by Gasteiger charge is 2.55. The molecule has 2 unspecified atom stereocenters. The number of anilines is 1. The van der Waals surface area contributed by atoms with Crippen molar-refractivity contribution in [1.29, 1.82) is 0 Å². The van der Waals surface area contributed by atoms with Crippen LogP contribution in [0.2, 0.25) is 0 Å². The Hall–Kier alpha value is -4.23. The van der Waals surface area contributed by atoms with E-state index in [-0.39, 0.29) is 53.3 Å². The fraction of sp³-hybridized carbons (Fsp3) is 0.250. The molecule has 1 saturated heterocycles. The lowest BCUT2D eigenvalue weighted by Gasteiger charge is -2.37. The molecule has 4 aromatic carbocycles. The summed E-state index contributed by atoms with van der Waals surface area (Å²) in [6.45, 7) is 6.23. The van der Waals surface area contributed by atoms with Gasteiger partial charge in [0.25, 0.3) is 11.7 Å². The number of hydrogen-bond acceptors (Lipinski definition) is 3. The van der Waals surface area contributed by atoms with Crippen LogP contribution in [-0.4, -0.2) is 33.9 Å². The van der Waals surface area contributed by atoms with E-state index >= 15 is 0 Å². The summed E-state index contributed by atoms with van der Waals surface area (Å²) in [5.41, 5.74) is 6.23. The van der Waals surface area contributed by atoms with Crippen LogP contribution in [0.1, 0.15) is 40.7 Å². The number of aromatic nitrogens is 2. The van der Waals surface area contributed by atoms with Gasteiger partial charge in [0.05, 0.1) is 0 Å². The predicted octanol–water partition coefficient (Wildman–Crippen LogP) is 2.66. The molecule has 0 saturated carbocycles. The summed E-state index contributed by atoms with van der Waals surface area (Å²) in [7, 11) is 0. The van der Waals surface area contributed by atoms with Crippen LogP contribution in [0.4, 0.5) is 5.69 Å². The summed E-state index contributed by atoms with van der Waals surface area (Å²) in [4.78, 5) is 32.0. The number of rotatable bonds is 7. The molecule has 2 aliphatic heterocycles. The van der Waals surface area contributed by atoms with Gasteiger partial charge in [-0.15, -0.1) is 0 Å². The lowest BCUT2D eigenvalue weighted by Crippen LogP contribution is -3.00. The highest BCUT2D eigenvalue weighted by atomic mass is 79.9. The van der Waals surface area contributed by atoms with Crippen molar-refractivity contribution in [3.8, 4) is 0 Å². The molecule has 0 spiro atoms. The maximum absolute atomic E-state index is 14.3. The SMILES string of the molecule is Cc1n(CC(=O)N2CCC3(C)c4ccccc4N(Cc4ccccc4)C23)c2ccccc2[n+]1CC(=O)c1ccccc1.[Br-]. The Morgan fingerprint density at radius 3 is 2.28 bits per heavy atom. The third-order valence-electron chi connectivity index (χ3n) is 9.31. The number of hydrogen-bond donors (Lipinski definition) is 0. The van der Waals surface area contributed by atoms with Gasteiger partial charge in [0.15, 0.2) is 24.1 Å². The highest BCUT2D eigenvalue weighted by Crippen LogP contribution is 2.52. The second kappa shape index (κ2) is 11.5. The Kier molecular flexibility index (Phi) is 7.69. The van der Waals surface area contributed by atoms with Gasteiger partial charge in [0, 0.05) is 36.7 Å². The smallest absolute Gasteiger partial charge is 0.266 e. The lowest BCUT2D eigenvalue weighted by molar-refractivity contribution is -0.664. The van der Waals surface area contributed by atoms with Gasteiger partial charge in [-0.1, -0.05) is 97.9 Å². The van der Waals surface area contributed by atoms with E-state index in [1.54, 1.807) is 0 Å². The van der Waals surface area contributed by atoms with E-state index in [2.05, 4.69) is 69.8 Å². The molecule has 1 fully saturated rings. The average molecular weight is 636 g/mol. The zero-order valence-corrected chi connectivity index (χ0v) is 26.1. The zero-order valence-electron chi connectivity index (χ0n) is 24.5. The molecule has 1 aromatic heterocycles. The monoisotopic (exact) mass is 634 g/mol. The number of likely N-dealkylation sites (tertiary alicyclic amines) is 1. The van der Waals surface area contributed by atoms with Crippen LogP contribution in [0, 0.1) is 6.92 Å². The number of benzene rings is 4. The lowest BCUT2D eigenvalue weighted by atomic mass is 9.81. The summed E-state index contributed by atoms with van der Waals surface area (Å²) in [5, 5.41) is 0. The minimum absolute atomic E-state index is 0. The number of para-hydroxylation sites is 3. The first-order valence-corrected chi connectivity index (χ1v) is 14.7. The molecule has 0 radical (unpaired) electrons. The van der Waals surface area contributed by atoms with Gasteiger partial charge in [0.2, 0.25) is 5.78 Å². The molecule has 0 bridgehead atoms. The number of nitrogens with zero attached hydrogens (tertiary/aromatic N) is 4. The molecule has 218 valence electrons. The molecule has 43 heavy (non-hydrogen) atoms. The quantitative estimate of drug-likeness (QED) is 0.204. The summed E-state index contributed by atoms with van der Waals surface area (Å²) in [6, 6.07) is 36.6. The standard InChI is InChI=1S/C36H35N4O2.BrH/c1-26-38(24-33(41)28-15-7-4-8-16-28)31-19-11-12-20-32(31)39(26)25-34(42)37-22-21-36(2)29-17-9-10-18-30(29)40(35(36)37)23-27-13-5-3-6-14-27;/h3-20,35H,21-25H2,1-2H3;1H/q+1;/p-1. The Balaban J connectivity index is 0.00000329. The topological polar surface area (TPSA) is 49.4 Å². The maximum Gasteiger partial charge on any atom is 0.266 e. The van der Waals surface area contributed by atoms with Gasteiger partial charge < -0.3 is 26.8 Å². The number of carbonyl (C=O) groups is 2. The van der Waals surface area contributed by atoms with Crippen LogP contribution in [-0.2, 0) is 29.8 Å². The van der Waals surface area contributed by atoms with Crippen molar-refractivity contribution in [2.75, 3.05) is 11.4 Å². The predicted molar refractivity (Wildman–Crippen MR) is 164 cm³/mol. The normalized spacial score (nSPS) is 18.8. The van der Waals surface area contributed by atoms with Gasteiger partial charge in [-0.2, -0.15) is 0 Å². The minimum atomic E-state index is -0.142. The first kappa shape index (κ1) is 28.9. The van der Waals surface area contributed by atoms with Crippen LogP contribution >= 0.6 is 0 Å². The number of amides is 1. The number of carbonyl (C=O) groups excluding carboxylic acids is 2. The van der Waals surface area contributed by atoms with Gasteiger partial charge in [-0.05, 0) is 35.7 Å². The third-order valence-corrected chi connectivity index (χ3v) is 9.31. The molecule has 3 heterocycles.